The number of nitrogens with zero attached hydrogens (tertiary/aromatic N) is 5. The van der Waals surface area contributed by atoms with Crippen LogP contribution in [0.3, 0.4) is 0 Å². The molecule has 6 heteroatoms. The standard InChI is InChI=1S/C23H23N5O/c29-20-2-1-13-27(16-20)15-17-3-5-19(6-4-17)22-14-25-23-8-7-21(26-28(22)23)18-9-11-24-12-10-18/h3-12,14,20,29H,1-2,13,15-16H2. The second-order valence-electron chi connectivity index (χ2n) is 7.60. The Labute approximate surface area is 169 Å². The molecule has 1 fully saturated rings. The van der Waals surface area contributed by atoms with Gasteiger partial charge < -0.3 is 5.11 Å². The van der Waals surface area contributed by atoms with E-state index in [1.54, 1.807) is 12.4 Å². The van der Waals surface area contributed by atoms with Gasteiger partial charge in [-0.05, 0) is 49.2 Å². The van der Waals surface area contributed by atoms with E-state index in [1.807, 2.05) is 35.0 Å². The number of imidazole rings is 1. The lowest BCUT2D eigenvalue weighted by molar-refractivity contribution is 0.0668. The van der Waals surface area contributed by atoms with E-state index in [0.717, 1.165) is 60.6 Å². The van der Waals surface area contributed by atoms with Crippen molar-refractivity contribution in [2.24, 2.45) is 0 Å². The van der Waals surface area contributed by atoms with Crippen LogP contribution in [0.25, 0.3) is 28.2 Å². The Morgan fingerprint density at radius 2 is 1.79 bits per heavy atom. The van der Waals surface area contributed by atoms with Crippen LogP contribution in [0.5, 0.6) is 0 Å². The van der Waals surface area contributed by atoms with Gasteiger partial charge in [-0.25, -0.2) is 9.50 Å². The summed E-state index contributed by atoms with van der Waals surface area (Å²) in [6, 6.07) is 16.4. The molecule has 3 aromatic heterocycles. The van der Waals surface area contributed by atoms with Crippen molar-refractivity contribution in [2.75, 3.05) is 13.1 Å². The normalized spacial score (nSPS) is 17.6. The zero-order valence-electron chi connectivity index (χ0n) is 16.1. The second kappa shape index (κ2) is 7.73. The fourth-order valence-corrected chi connectivity index (χ4v) is 3.96. The van der Waals surface area contributed by atoms with E-state index < -0.39 is 0 Å². The molecule has 0 bridgehead atoms. The average molecular weight is 385 g/mol. The van der Waals surface area contributed by atoms with E-state index in [2.05, 4.69) is 39.1 Å². The third-order valence-electron chi connectivity index (χ3n) is 5.47. The monoisotopic (exact) mass is 385 g/mol. The van der Waals surface area contributed by atoms with Gasteiger partial charge in [0.05, 0.1) is 23.7 Å². The molecule has 29 heavy (non-hydrogen) atoms. The molecule has 1 N–H and O–H groups in total. The molecule has 0 amide bonds. The van der Waals surface area contributed by atoms with Crippen molar-refractivity contribution in [3.8, 4) is 22.5 Å². The summed E-state index contributed by atoms with van der Waals surface area (Å²) in [5.74, 6) is 0. The van der Waals surface area contributed by atoms with Crippen molar-refractivity contribution in [1.29, 1.82) is 0 Å². The molecule has 1 aromatic carbocycles. The summed E-state index contributed by atoms with van der Waals surface area (Å²) in [4.78, 5) is 10.9. The Morgan fingerprint density at radius 1 is 0.966 bits per heavy atom. The van der Waals surface area contributed by atoms with E-state index >= 15 is 0 Å². The highest BCUT2D eigenvalue weighted by Gasteiger charge is 2.17. The average Bonchev–Trinajstić information content (AvgIpc) is 3.18. The zero-order chi connectivity index (χ0) is 19.6. The van der Waals surface area contributed by atoms with E-state index in [4.69, 9.17) is 5.10 Å². The van der Waals surface area contributed by atoms with Gasteiger partial charge >= 0.3 is 0 Å². The molecule has 1 aliphatic rings. The minimum absolute atomic E-state index is 0.193. The van der Waals surface area contributed by atoms with Crippen LogP contribution in [0.2, 0.25) is 0 Å². The third-order valence-corrected chi connectivity index (χ3v) is 5.47. The van der Waals surface area contributed by atoms with Crippen LogP contribution in [0.4, 0.5) is 0 Å². The molecule has 1 saturated heterocycles. The van der Waals surface area contributed by atoms with Gasteiger partial charge in [0.15, 0.2) is 5.65 Å². The van der Waals surface area contributed by atoms with Crippen LogP contribution in [-0.2, 0) is 6.54 Å². The number of aliphatic hydroxyl groups excluding tert-OH is 1. The predicted octanol–water partition coefficient (Wildman–Crippen LogP) is 3.42. The van der Waals surface area contributed by atoms with E-state index in [1.165, 1.54) is 5.56 Å². The number of aromatic nitrogens is 4. The van der Waals surface area contributed by atoms with Gasteiger partial charge in [0.2, 0.25) is 0 Å². The Hall–Kier alpha value is -3.09. The minimum Gasteiger partial charge on any atom is -0.392 e. The molecule has 0 aliphatic carbocycles. The molecular weight excluding hydrogens is 362 g/mol. The van der Waals surface area contributed by atoms with Gasteiger partial charge in [0.1, 0.15) is 0 Å². The second-order valence-corrected chi connectivity index (χ2v) is 7.60. The summed E-state index contributed by atoms with van der Waals surface area (Å²) >= 11 is 0. The molecule has 0 saturated carbocycles. The van der Waals surface area contributed by atoms with Crippen LogP contribution < -0.4 is 0 Å². The molecule has 0 spiro atoms. The molecule has 0 radical (unpaired) electrons. The number of aliphatic hydroxyl groups is 1. The van der Waals surface area contributed by atoms with Gasteiger partial charge in [-0.15, -0.1) is 0 Å². The van der Waals surface area contributed by atoms with Gasteiger partial charge in [0, 0.05) is 36.6 Å². The SMILES string of the molecule is OC1CCCN(Cc2ccc(-c3cnc4ccc(-c5ccncc5)nn34)cc2)C1. The Morgan fingerprint density at radius 3 is 2.59 bits per heavy atom. The largest absolute Gasteiger partial charge is 0.392 e. The number of piperidine rings is 1. The fourth-order valence-electron chi connectivity index (χ4n) is 3.96. The molecule has 5 rings (SSSR count). The number of likely N-dealkylation sites (tertiary alicyclic amines) is 1. The third kappa shape index (κ3) is 3.77. The first-order valence-corrected chi connectivity index (χ1v) is 10.0. The zero-order valence-corrected chi connectivity index (χ0v) is 16.1. The first-order valence-electron chi connectivity index (χ1n) is 10.0. The Balaban J connectivity index is 1.41. The highest BCUT2D eigenvalue weighted by atomic mass is 16.3. The number of β-amino-alcohol motifs (C(OH)–C–C–N with tert-alkyl or cyclic N) is 1. The molecule has 1 unspecified atom stereocenters. The summed E-state index contributed by atoms with van der Waals surface area (Å²) in [5.41, 5.74) is 6.04. The van der Waals surface area contributed by atoms with Crippen LogP contribution in [0.1, 0.15) is 18.4 Å². The maximum atomic E-state index is 9.87. The van der Waals surface area contributed by atoms with Crippen molar-refractivity contribution >= 4 is 5.65 Å². The minimum atomic E-state index is -0.193. The molecule has 146 valence electrons. The summed E-state index contributed by atoms with van der Waals surface area (Å²) in [6.45, 7) is 2.68. The lowest BCUT2D eigenvalue weighted by atomic mass is 10.1. The Kier molecular flexibility index (Phi) is 4.79. The highest BCUT2D eigenvalue weighted by Crippen LogP contribution is 2.24. The number of benzene rings is 1. The van der Waals surface area contributed by atoms with Crippen molar-refractivity contribution in [1.82, 2.24) is 24.5 Å². The first kappa shape index (κ1) is 18.0. The van der Waals surface area contributed by atoms with Crippen LogP contribution in [-0.4, -0.2) is 48.8 Å². The van der Waals surface area contributed by atoms with Crippen LogP contribution in [0.15, 0.2) is 67.1 Å². The molecule has 1 aliphatic heterocycles. The topological polar surface area (TPSA) is 66.5 Å². The van der Waals surface area contributed by atoms with E-state index in [9.17, 15) is 5.11 Å². The van der Waals surface area contributed by atoms with Crippen molar-refractivity contribution in [3.05, 3.63) is 72.7 Å². The van der Waals surface area contributed by atoms with Crippen molar-refractivity contribution in [3.63, 3.8) is 0 Å². The number of fused-ring (bicyclic) bond motifs is 1. The fraction of sp³-hybridized carbons (Fsp3) is 0.261. The summed E-state index contributed by atoms with van der Waals surface area (Å²) in [5, 5.41) is 14.7. The number of hydrogen-bond donors (Lipinski definition) is 1. The smallest absolute Gasteiger partial charge is 0.154 e. The summed E-state index contributed by atoms with van der Waals surface area (Å²) < 4.78 is 1.89. The Bertz CT molecular complexity index is 1110. The molecule has 4 aromatic rings. The van der Waals surface area contributed by atoms with Gasteiger partial charge in [0.25, 0.3) is 0 Å². The molecular formula is C23H23N5O. The van der Waals surface area contributed by atoms with Gasteiger partial charge in [-0.2, -0.15) is 5.10 Å². The maximum absolute atomic E-state index is 9.87. The molecule has 1 atom stereocenters. The summed E-state index contributed by atoms with van der Waals surface area (Å²) in [6.07, 6.45) is 7.20. The number of rotatable bonds is 4. The summed E-state index contributed by atoms with van der Waals surface area (Å²) in [7, 11) is 0. The van der Waals surface area contributed by atoms with Crippen molar-refractivity contribution < 1.29 is 5.11 Å². The first-order chi connectivity index (χ1) is 14.3. The van der Waals surface area contributed by atoms with Crippen molar-refractivity contribution in [2.45, 2.75) is 25.5 Å². The van der Waals surface area contributed by atoms with E-state index in [0.29, 0.717) is 0 Å². The highest BCUT2D eigenvalue weighted by molar-refractivity contribution is 5.65. The van der Waals surface area contributed by atoms with Gasteiger partial charge in [-0.3, -0.25) is 9.88 Å². The van der Waals surface area contributed by atoms with Crippen LogP contribution >= 0.6 is 0 Å². The number of hydrogen-bond acceptors (Lipinski definition) is 5. The van der Waals surface area contributed by atoms with Crippen LogP contribution in [0, 0.1) is 0 Å². The lowest BCUT2D eigenvalue weighted by Gasteiger charge is -2.29. The van der Waals surface area contributed by atoms with E-state index in [-0.39, 0.29) is 6.10 Å². The lowest BCUT2D eigenvalue weighted by Crippen LogP contribution is -2.37. The number of pyridine rings is 1. The predicted molar refractivity (Wildman–Crippen MR) is 112 cm³/mol. The quantitative estimate of drug-likeness (QED) is 0.583. The maximum Gasteiger partial charge on any atom is 0.154 e. The molecule has 6 nitrogen and oxygen atoms in total. The molecule has 4 heterocycles. The van der Waals surface area contributed by atoms with Gasteiger partial charge in [-0.1, -0.05) is 24.3 Å².